The first-order chi connectivity index (χ1) is 12.0. The van der Waals surface area contributed by atoms with Crippen molar-refractivity contribution < 1.29 is 4.74 Å². The number of aromatic nitrogens is 2. The number of fused-ring (bicyclic) bond motifs is 1. The predicted octanol–water partition coefficient (Wildman–Crippen LogP) is 1.74. The number of hydrogen-bond acceptors (Lipinski definition) is 6. The third-order valence-corrected chi connectivity index (χ3v) is 4.00. The molecule has 0 unspecified atom stereocenters. The summed E-state index contributed by atoms with van der Waals surface area (Å²) >= 11 is 0. The molecular weight excluding hydrogens is 318 g/mol. The van der Waals surface area contributed by atoms with E-state index in [2.05, 4.69) is 4.98 Å². The summed E-state index contributed by atoms with van der Waals surface area (Å²) < 4.78 is 7.16. The third kappa shape index (κ3) is 3.23. The molecule has 0 radical (unpaired) electrons. The Kier molecular flexibility index (Phi) is 4.51. The second-order valence-electron chi connectivity index (χ2n) is 6.03. The first kappa shape index (κ1) is 16.7. The lowest BCUT2D eigenvalue weighted by Crippen LogP contribution is -2.46. The number of pyridine rings is 1. The van der Waals surface area contributed by atoms with Crippen molar-refractivity contribution in [1.29, 1.82) is 10.5 Å². The van der Waals surface area contributed by atoms with Crippen LogP contribution in [0.3, 0.4) is 0 Å². The van der Waals surface area contributed by atoms with Crippen LogP contribution in [0, 0.1) is 22.7 Å². The van der Waals surface area contributed by atoms with Crippen molar-refractivity contribution in [2.45, 2.75) is 26.1 Å². The molecule has 0 N–H and O–H groups in total. The van der Waals surface area contributed by atoms with Crippen LogP contribution >= 0.6 is 0 Å². The molecule has 126 valence electrons. The molecule has 0 amide bonds. The zero-order chi connectivity index (χ0) is 18.0. The lowest BCUT2D eigenvalue weighted by molar-refractivity contribution is -0.00546. The summed E-state index contributed by atoms with van der Waals surface area (Å²) in [4.78, 5) is 19.5. The van der Waals surface area contributed by atoms with Crippen molar-refractivity contribution in [1.82, 2.24) is 9.38 Å². The molecule has 0 saturated carbocycles. The number of nitrogens with zero attached hydrogens (tertiary/aromatic N) is 5. The van der Waals surface area contributed by atoms with Gasteiger partial charge < -0.3 is 9.64 Å². The maximum absolute atomic E-state index is 12.9. The first-order valence-electron chi connectivity index (χ1n) is 7.97. The molecule has 1 fully saturated rings. The second kappa shape index (κ2) is 6.76. The molecule has 0 aliphatic carbocycles. The van der Waals surface area contributed by atoms with Gasteiger partial charge in [-0.05, 0) is 32.1 Å². The highest BCUT2D eigenvalue weighted by Gasteiger charge is 2.26. The molecule has 7 heteroatoms. The second-order valence-corrected chi connectivity index (χ2v) is 6.03. The summed E-state index contributed by atoms with van der Waals surface area (Å²) in [6.45, 7) is 5.08. The minimum atomic E-state index is -0.310. The van der Waals surface area contributed by atoms with Gasteiger partial charge in [0.2, 0.25) is 0 Å². The molecule has 3 heterocycles. The van der Waals surface area contributed by atoms with Crippen LogP contribution in [0.2, 0.25) is 0 Å². The van der Waals surface area contributed by atoms with Crippen LogP contribution in [0.15, 0.2) is 34.8 Å². The fourth-order valence-corrected chi connectivity index (χ4v) is 3.04. The van der Waals surface area contributed by atoms with Gasteiger partial charge >= 0.3 is 0 Å². The van der Waals surface area contributed by atoms with E-state index in [0.29, 0.717) is 24.6 Å². The first-order valence-corrected chi connectivity index (χ1v) is 7.97. The summed E-state index contributed by atoms with van der Waals surface area (Å²) in [5, 5.41) is 18.1. The van der Waals surface area contributed by atoms with Crippen molar-refractivity contribution in [3.05, 3.63) is 45.9 Å². The molecule has 7 nitrogen and oxygen atoms in total. The minimum absolute atomic E-state index is 0.0111. The Balaban J connectivity index is 2.26. The van der Waals surface area contributed by atoms with Gasteiger partial charge in [-0.25, -0.2) is 4.98 Å². The van der Waals surface area contributed by atoms with Gasteiger partial charge in [0.15, 0.2) is 0 Å². The van der Waals surface area contributed by atoms with Gasteiger partial charge in [-0.1, -0.05) is 6.07 Å². The Morgan fingerprint density at radius 2 is 1.96 bits per heavy atom. The minimum Gasteiger partial charge on any atom is -0.372 e. The van der Waals surface area contributed by atoms with E-state index >= 15 is 0 Å². The SMILES string of the molecule is C[C@@H]1CN(c2nc3ccccn3c(=O)c2C=C(C#N)C#N)C[C@H](C)O1. The van der Waals surface area contributed by atoms with Gasteiger partial charge in [-0.3, -0.25) is 9.20 Å². The maximum Gasteiger partial charge on any atom is 0.267 e. The summed E-state index contributed by atoms with van der Waals surface area (Å²) in [5.41, 5.74) is 0.311. The van der Waals surface area contributed by atoms with E-state index in [0.717, 1.165) is 0 Å². The third-order valence-electron chi connectivity index (χ3n) is 4.00. The number of nitriles is 2. The molecule has 1 aliphatic heterocycles. The molecule has 2 aromatic rings. The molecule has 3 rings (SSSR count). The Bertz CT molecular complexity index is 954. The Labute approximate surface area is 145 Å². The van der Waals surface area contributed by atoms with Crippen LogP contribution in [-0.2, 0) is 4.74 Å². The van der Waals surface area contributed by atoms with Crippen molar-refractivity contribution in [2.24, 2.45) is 0 Å². The standard InChI is InChI=1S/C18H17N5O2/c1-12-10-22(11-13(2)25-12)17-15(7-14(8-19)9-20)18(24)23-6-4-3-5-16(23)21-17/h3-7,12-13H,10-11H2,1-2H3/t12-,13+. The fourth-order valence-electron chi connectivity index (χ4n) is 3.04. The Morgan fingerprint density at radius 3 is 2.60 bits per heavy atom. The number of anilines is 1. The molecule has 1 aliphatic rings. The monoisotopic (exact) mass is 335 g/mol. The highest BCUT2D eigenvalue weighted by atomic mass is 16.5. The van der Waals surface area contributed by atoms with Gasteiger partial charge in [0, 0.05) is 19.3 Å². The average Bonchev–Trinajstić information content (AvgIpc) is 2.60. The van der Waals surface area contributed by atoms with Crippen LogP contribution in [0.25, 0.3) is 11.7 Å². The zero-order valence-electron chi connectivity index (χ0n) is 14.0. The smallest absolute Gasteiger partial charge is 0.267 e. The summed E-state index contributed by atoms with van der Waals surface area (Å²) in [7, 11) is 0. The highest BCUT2D eigenvalue weighted by Crippen LogP contribution is 2.23. The van der Waals surface area contributed by atoms with E-state index < -0.39 is 0 Å². The number of allylic oxidation sites excluding steroid dienone is 1. The number of rotatable bonds is 2. The van der Waals surface area contributed by atoms with Gasteiger partial charge in [0.25, 0.3) is 5.56 Å². The van der Waals surface area contributed by atoms with E-state index in [9.17, 15) is 4.79 Å². The molecule has 0 bridgehead atoms. The quantitative estimate of drug-likeness (QED) is 0.776. The van der Waals surface area contributed by atoms with Crippen molar-refractivity contribution in [3.8, 4) is 12.1 Å². The highest BCUT2D eigenvalue weighted by molar-refractivity contribution is 5.71. The van der Waals surface area contributed by atoms with Gasteiger partial charge in [0.05, 0.1) is 17.8 Å². The van der Waals surface area contributed by atoms with E-state index in [-0.39, 0.29) is 28.9 Å². The molecule has 0 aromatic carbocycles. The normalized spacial score (nSPS) is 19.9. The topological polar surface area (TPSA) is 94.4 Å². The van der Waals surface area contributed by atoms with E-state index in [1.165, 1.54) is 10.5 Å². The molecule has 0 spiro atoms. The maximum atomic E-state index is 12.9. The van der Waals surface area contributed by atoms with Gasteiger partial charge in [-0.15, -0.1) is 0 Å². The van der Waals surface area contributed by atoms with E-state index in [1.54, 1.807) is 30.5 Å². The van der Waals surface area contributed by atoms with Gasteiger partial charge in [0.1, 0.15) is 29.2 Å². The lowest BCUT2D eigenvalue weighted by atomic mass is 10.1. The average molecular weight is 335 g/mol. The summed E-state index contributed by atoms with van der Waals surface area (Å²) in [6.07, 6.45) is 2.91. The van der Waals surface area contributed by atoms with Gasteiger partial charge in [-0.2, -0.15) is 10.5 Å². The Hall–Kier alpha value is -3.16. The fraction of sp³-hybridized carbons (Fsp3) is 0.333. The number of morpholine rings is 1. The van der Waals surface area contributed by atoms with E-state index in [1.807, 2.05) is 24.8 Å². The number of hydrogen-bond donors (Lipinski definition) is 0. The zero-order valence-corrected chi connectivity index (χ0v) is 14.0. The molecule has 1 saturated heterocycles. The van der Waals surface area contributed by atoms with E-state index in [4.69, 9.17) is 15.3 Å². The molecule has 2 atom stereocenters. The van der Waals surface area contributed by atoms with Crippen LogP contribution in [0.1, 0.15) is 19.4 Å². The van der Waals surface area contributed by atoms with Crippen molar-refractivity contribution in [2.75, 3.05) is 18.0 Å². The molecular formula is C18H17N5O2. The summed E-state index contributed by atoms with van der Waals surface area (Å²) in [6, 6.07) is 8.90. The predicted molar refractivity (Wildman–Crippen MR) is 92.9 cm³/mol. The van der Waals surface area contributed by atoms with Crippen LogP contribution < -0.4 is 10.5 Å². The van der Waals surface area contributed by atoms with Crippen LogP contribution in [0.5, 0.6) is 0 Å². The lowest BCUT2D eigenvalue weighted by Gasteiger charge is -2.36. The van der Waals surface area contributed by atoms with Crippen LogP contribution in [0.4, 0.5) is 5.82 Å². The van der Waals surface area contributed by atoms with Crippen molar-refractivity contribution >= 4 is 17.5 Å². The largest absolute Gasteiger partial charge is 0.372 e. The molecule has 2 aromatic heterocycles. The van der Waals surface area contributed by atoms with Crippen molar-refractivity contribution in [3.63, 3.8) is 0 Å². The van der Waals surface area contributed by atoms with Crippen LogP contribution in [-0.4, -0.2) is 34.7 Å². The Morgan fingerprint density at radius 1 is 1.28 bits per heavy atom. The molecule has 25 heavy (non-hydrogen) atoms. The summed E-state index contributed by atoms with van der Waals surface area (Å²) in [5.74, 6) is 0.473. The number of ether oxygens (including phenoxy) is 1.